The first-order valence-corrected chi connectivity index (χ1v) is 8.94. The van der Waals surface area contributed by atoms with Gasteiger partial charge < -0.3 is 10.6 Å². The topological polar surface area (TPSA) is 58.2 Å². The summed E-state index contributed by atoms with van der Waals surface area (Å²) >= 11 is 2.95. The fourth-order valence-corrected chi connectivity index (χ4v) is 3.24. The highest BCUT2D eigenvalue weighted by molar-refractivity contribution is 7.12. The molecule has 1 aromatic carbocycles. The second-order valence-electron chi connectivity index (χ2n) is 4.85. The highest BCUT2D eigenvalue weighted by atomic mass is 32.1. The number of amides is 2. The molecule has 0 spiro atoms. The fraction of sp³-hybridized carbons (Fsp3) is 0. The van der Waals surface area contributed by atoms with Gasteiger partial charge in [-0.25, -0.2) is 0 Å². The predicted octanol–water partition coefficient (Wildman–Crippen LogP) is 4.71. The Balaban J connectivity index is 1.62. The van der Waals surface area contributed by atoms with Gasteiger partial charge in [-0.1, -0.05) is 18.2 Å². The monoisotopic (exact) mass is 354 g/mol. The Morgan fingerprint density at radius 1 is 0.875 bits per heavy atom. The summed E-state index contributed by atoms with van der Waals surface area (Å²) in [7, 11) is 0. The number of hydrogen-bond acceptors (Lipinski definition) is 4. The molecule has 3 aromatic rings. The number of anilines is 2. The number of benzene rings is 1. The summed E-state index contributed by atoms with van der Waals surface area (Å²) in [5, 5.41) is 9.41. The lowest BCUT2D eigenvalue weighted by molar-refractivity contribution is -0.111. The Morgan fingerprint density at radius 2 is 1.62 bits per heavy atom. The summed E-state index contributed by atoms with van der Waals surface area (Å²) < 4.78 is 0. The van der Waals surface area contributed by atoms with Gasteiger partial charge in [0.05, 0.1) is 4.88 Å². The molecule has 2 aromatic heterocycles. The molecular weight excluding hydrogens is 340 g/mol. The van der Waals surface area contributed by atoms with E-state index < -0.39 is 0 Å². The first-order valence-electron chi connectivity index (χ1n) is 7.18. The van der Waals surface area contributed by atoms with Crippen LogP contribution in [0.15, 0.2) is 65.4 Å². The van der Waals surface area contributed by atoms with Crippen LogP contribution in [0.4, 0.5) is 11.4 Å². The highest BCUT2D eigenvalue weighted by Crippen LogP contribution is 2.18. The number of carbonyl (C=O) groups excluding carboxylic acids is 2. The van der Waals surface area contributed by atoms with E-state index in [-0.39, 0.29) is 11.8 Å². The lowest BCUT2D eigenvalue weighted by Gasteiger charge is -2.07. The molecule has 0 aliphatic rings. The Labute approximate surface area is 147 Å². The number of carbonyl (C=O) groups is 2. The molecule has 0 fully saturated rings. The Kier molecular flexibility index (Phi) is 5.20. The molecule has 0 atom stereocenters. The zero-order chi connectivity index (χ0) is 16.8. The molecular formula is C18H14N2O2S2. The van der Waals surface area contributed by atoms with Gasteiger partial charge in [-0.05, 0) is 47.2 Å². The third kappa shape index (κ3) is 4.41. The molecule has 3 rings (SSSR count). The average Bonchev–Trinajstić information content (AvgIpc) is 3.27. The van der Waals surface area contributed by atoms with Gasteiger partial charge in [0.1, 0.15) is 0 Å². The Bertz CT molecular complexity index is 853. The third-order valence-corrected chi connectivity index (χ3v) is 4.78. The number of thiophene rings is 2. The standard InChI is InChI=1S/C18H14N2O2S2/c21-17(9-8-15-6-2-10-23-15)19-13-4-1-5-14(12-13)20-18(22)16-7-3-11-24-16/h1-12H,(H,19,21)(H,20,22)/b9-8+. The van der Waals surface area contributed by atoms with Gasteiger partial charge in [-0.2, -0.15) is 0 Å². The van der Waals surface area contributed by atoms with E-state index in [4.69, 9.17) is 0 Å². The van der Waals surface area contributed by atoms with Crippen LogP contribution in [0.2, 0.25) is 0 Å². The van der Waals surface area contributed by atoms with Crippen molar-refractivity contribution in [3.63, 3.8) is 0 Å². The summed E-state index contributed by atoms with van der Waals surface area (Å²) in [6.45, 7) is 0. The van der Waals surface area contributed by atoms with Crippen LogP contribution < -0.4 is 10.6 Å². The molecule has 0 aliphatic heterocycles. The van der Waals surface area contributed by atoms with Crippen molar-refractivity contribution in [1.29, 1.82) is 0 Å². The third-order valence-electron chi connectivity index (χ3n) is 3.08. The molecule has 0 bridgehead atoms. The minimum atomic E-state index is -0.217. The molecule has 0 saturated heterocycles. The second kappa shape index (κ2) is 7.72. The van der Waals surface area contributed by atoms with Gasteiger partial charge in [-0.15, -0.1) is 22.7 Å². The molecule has 0 saturated carbocycles. The van der Waals surface area contributed by atoms with Gasteiger partial charge in [0.25, 0.3) is 5.91 Å². The van der Waals surface area contributed by atoms with Gasteiger partial charge in [0.15, 0.2) is 0 Å². The molecule has 0 aliphatic carbocycles. The number of nitrogens with one attached hydrogen (secondary N) is 2. The minimum Gasteiger partial charge on any atom is -0.322 e. The molecule has 2 N–H and O–H groups in total. The summed E-state index contributed by atoms with van der Waals surface area (Å²) in [6, 6.07) is 14.5. The summed E-state index contributed by atoms with van der Waals surface area (Å²) in [5.41, 5.74) is 1.26. The number of hydrogen-bond donors (Lipinski definition) is 2. The van der Waals surface area contributed by atoms with Gasteiger partial charge >= 0.3 is 0 Å². The largest absolute Gasteiger partial charge is 0.322 e. The van der Waals surface area contributed by atoms with Crippen molar-refractivity contribution < 1.29 is 9.59 Å². The zero-order valence-corrected chi connectivity index (χ0v) is 14.2. The van der Waals surface area contributed by atoms with Gasteiger partial charge in [0, 0.05) is 22.3 Å². The van der Waals surface area contributed by atoms with Crippen LogP contribution >= 0.6 is 22.7 Å². The van der Waals surface area contributed by atoms with Crippen LogP contribution in [-0.2, 0) is 4.79 Å². The first kappa shape index (κ1) is 16.2. The molecule has 24 heavy (non-hydrogen) atoms. The second-order valence-corrected chi connectivity index (χ2v) is 6.78. The van der Waals surface area contributed by atoms with Crippen LogP contribution in [0.5, 0.6) is 0 Å². The normalized spacial score (nSPS) is 10.7. The van der Waals surface area contributed by atoms with E-state index in [1.165, 1.54) is 17.4 Å². The van der Waals surface area contributed by atoms with Crippen molar-refractivity contribution in [3.8, 4) is 0 Å². The predicted molar refractivity (Wildman–Crippen MR) is 101 cm³/mol. The van der Waals surface area contributed by atoms with E-state index in [1.807, 2.05) is 29.0 Å². The first-order chi connectivity index (χ1) is 11.7. The minimum absolute atomic E-state index is 0.161. The lowest BCUT2D eigenvalue weighted by Crippen LogP contribution is -2.11. The van der Waals surface area contributed by atoms with Gasteiger partial charge in [-0.3, -0.25) is 9.59 Å². The van der Waals surface area contributed by atoms with Crippen LogP contribution in [0.3, 0.4) is 0 Å². The van der Waals surface area contributed by atoms with Crippen molar-refractivity contribution in [2.24, 2.45) is 0 Å². The molecule has 4 nitrogen and oxygen atoms in total. The molecule has 6 heteroatoms. The smallest absolute Gasteiger partial charge is 0.265 e. The van der Waals surface area contributed by atoms with Crippen LogP contribution in [0, 0.1) is 0 Å². The molecule has 2 heterocycles. The maximum atomic E-state index is 12.0. The van der Waals surface area contributed by atoms with E-state index in [1.54, 1.807) is 47.7 Å². The van der Waals surface area contributed by atoms with Crippen molar-refractivity contribution in [1.82, 2.24) is 0 Å². The van der Waals surface area contributed by atoms with E-state index >= 15 is 0 Å². The van der Waals surface area contributed by atoms with E-state index in [9.17, 15) is 9.59 Å². The van der Waals surface area contributed by atoms with E-state index in [2.05, 4.69) is 10.6 Å². The van der Waals surface area contributed by atoms with E-state index in [0.29, 0.717) is 16.3 Å². The van der Waals surface area contributed by atoms with Crippen LogP contribution in [-0.4, -0.2) is 11.8 Å². The highest BCUT2D eigenvalue weighted by Gasteiger charge is 2.07. The summed E-state index contributed by atoms with van der Waals surface area (Å²) in [5.74, 6) is -0.379. The van der Waals surface area contributed by atoms with Crippen molar-refractivity contribution in [2.45, 2.75) is 0 Å². The fourth-order valence-electron chi connectivity index (χ4n) is 2.00. The Hall–Kier alpha value is -2.70. The van der Waals surface area contributed by atoms with Crippen molar-refractivity contribution >= 4 is 51.9 Å². The quantitative estimate of drug-likeness (QED) is 0.652. The summed E-state index contributed by atoms with van der Waals surface area (Å²) in [4.78, 5) is 25.7. The van der Waals surface area contributed by atoms with Crippen molar-refractivity contribution in [3.05, 3.63) is 75.1 Å². The average molecular weight is 354 g/mol. The lowest BCUT2D eigenvalue weighted by atomic mass is 10.2. The van der Waals surface area contributed by atoms with Gasteiger partial charge in [0.2, 0.25) is 5.91 Å². The maximum Gasteiger partial charge on any atom is 0.265 e. The maximum absolute atomic E-state index is 12.0. The Morgan fingerprint density at radius 3 is 2.33 bits per heavy atom. The molecule has 120 valence electrons. The SMILES string of the molecule is O=C(/C=C/c1cccs1)Nc1cccc(NC(=O)c2cccs2)c1. The van der Waals surface area contributed by atoms with Crippen LogP contribution in [0.25, 0.3) is 6.08 Å². The number of rotatable bonds is 5. The molecule has 0 radical (unpaired) electrons. The van der Waals surface area contributed by atoms with E-state index in [0.717, 1.165) is 4.88 Å². The van der Waals surface area contributed by atoms with Crippen molar-refractivity contribution in [2.75, 3.05) is 10.6 Å². The zero-order valence-electron chi connectivity index (χ0n) is 12.6. The van der Waals surface area contributed by atoms with Crippen LogP contribution in [0.1, 0.15) is 14.5 Å². The molecule has 0 unspecified atom stereocenters. The summed E-state index contributed by atoms with van der Waals surface area (Å²) in [6.07, 6.45) is 3.26. The molecule has 2 amide bonds.